The second kappa shape index (κ2) is 16.8. The van der Waals surface area contributed by atoms with Crippen LogP contribution in [0.3, 0.4) is 0 Å². The standard InChI is InChI=1S/C9H16.C2H6.CH4/c1-4-5-6-7-8-9(2)3;1-2;/h5-9H,4H2,1-3H3;1-2H3;1H4. The summed E-state index contributed by atoms with van der Waals surface area (Å²) in [6.45, 7) is 10.5. The van der Waals surface area contributed by atoms with E-state index in [2.05, 4.69) is 45.1 Å². The van der Waals surface area contributed by atoms with E-state index in [0.717, 1.165) is 6.42 Å². The molecule has 0 fully saturated rings. The summed E-state index contributed by atoms with van der Waals surface area (Å²) < 4.78 is 0. The average Bonchev–Trinajstić information content (AvgIpc) is 2.02. The highest BCUT2D eigenvalue weighted by molar-refractivity contribution is 5.02. The van der Waals surface area contributed by atoms with Crippen LogP contribution in [0.1, 0.15) is 48.5 Å². The molecule has 0 heterocycles. The molecule has 0 aromatic carbocycles. The Hall–Kier alpha value is -0.520. The lowest BCUT2D eigenvalue weighted by molar-refractivity contribution is 0.832. The molecule has 0 unspecified atom stereocenters. The van der Waals surface area contributed by atoms with Crippen molar-refractivity contribution in [1.29, 1.82) is 0 Å². The van der Waals surface area contributed by atoms with Crippen molar-refractivity contribution in [3.8, 4) is 0 Å². The minimum Gasteiger partial charge on any atom is -0.0848 e. The lowest BCUT2D eigenvalue weighted by atomic mass is 10.2. The van der Waals surface area contributed by atoms with Crippen LogP contribution in [0.2, 0.25) is 0 Å². The molecule has 0 nitrogen and oxygen atoms in total. The summed E-state index contributed by atoms with van der Waals surface area (Å²) in [5, 5.41) is 0. The minimum atomic E-state index is 0. The van der Waals surface area contributed by atoms with Crippen molar-refractivity contribution < 1.29 is 0 Å². The molecule has 0 aromatic rings. The maximum atomic E-state index is 2.19. The summed E-state index contributed by atoms with van der Waals surface area (Å²) in [5.41, 5.74) is 0. The van der Waals surface area contributed by atoms with E-state index in [1.807, 2.05) is 13.8 Å². The van der Waals surface area contributed by atoms with Gasteiger partial charge >= 0.3 is 0 Å². The van der Waals surface area contributed by atoms with E-state index in [0.29, 0.717) is 5.92 Å². The first-order valence-electron chi connectivity index (χ1n) is 4.60. The summed E-state index contributed by atoms with van der Waals surface area (Å²) >= 11 is 0. The molecule has 0 atom stereocenters. The lowest BCUT2D eigenvalue weighted by Crippen LogP contribution is -1.74. The van der Waals surface area contributed by atoms with Crippen LogP contribution < -0.4 is 0 Å². The van der Waals surface area contributed by atoms with Crippen molar-refractivity contribution in [2.45, 2.75) is 48.5 Å². The normalized spacial score (nSPS) is 9.83. The van der Waals surface area contributed by atoms with Gasteiger partial charge in [0.1, 0.15) is 0 Å². The van der Waals surface area contributed by atoms with Crippen LogP contribution in [-0.2, 0) is 0 Å². The first kappa shape index (κ1) is 17.5. The largest absolute Gasteiger partial charge is 0.0848 e. The summed E-state index contributed by atoms with van der Waals surface area (Å²) in [6, 6.07) is 0. The Morgan fingerprint density at radius 2 is 1.58 bits per heavy atom. The Morgan fingerprint density at radius 1 is 1.08 bits per heavy atom. The summed E-state index contributed by atoms with van der Waals surface area (Å²) in [6.07, 6.45) is 9.67. The Kier molecular flexibility index (Phi) is 24.6. The van der Waals surface area contributed by atoms with E-state index in [1.54, 1.807) is 0 Å². The van der Waals surface area contributed by atoms with Gasteiger partial charge in [-0.1, -0.05) is 66.3 Å². The highest BCUT2D eigenvalue weighted by atomic mass is 13.8. The molecule has 0 aliphatic carbocycles. The van der Waals surface area contributed by atoms with Gasteiger partial charge in [-0.2, -0.15) is 0 Å². The van der Waals surface area contributed by atoms with Crippen molar-refractivity contribution in [3.05, 3.63) is 24.3 Å². The van der Waals surface area contributed by atoms with Crippen LogP contribution >= 0.6 is 0 Å². The Labute approximate surface area is 79.4 Å². The Balaban J connectivity index is -0.000000249. The van der Waals surface area contributed by atoms with Gasteiger partial charge in [-0.3, -0.25) is 0 Å². The van der Waals surface area contributed by atoms with Gasteiger partial charge in [0, 0.05) is 0 Å². The highest BCUT2D eigenvalue weighted by Gasteiger charge is 1.78. The minimum absolute atomic E-state index is 0. The van der Waals surface area contributed by atoms with Gasteiger partial charge in [0.15, 0.2) is 0 Å². The maximum absolute atomic E-state index is 2.19. The maximum Gasteiger partial charge on any atom is -0.0287 e. The second-order valence-corrected chi connectivity index (χ2v) is 2.47. The van der Waals surface area contributed by atoms with Crippen LogP contribution in [0.25, 0.3) is 0 Å². The number of allylic oxidation sites excluding steroid dienone is 4. The van der Waals surface area contributed by atoms with Crippen molar-refractivity contribution in [1.82, 2.24) is 0 Å². The highest BCUT2D eigenvalue weighted by Crippen LogP contribution is 1.93. The molecular weight excluding hydrogens is 144 g/mol. The number of hydrogen-bond donors (Lipinski definition) is 0. The molecule has 0 aromatic heterocycles. The van der Waals surface area contributed by atoms with Crippen molar-refractivity contribution >= 4 is 0 Å². The monoisotopic (exact) mass is 170 g/mol. The first-order valence-corrected chi connectivity index (χ1v) is 4.60. The van der Waals surface area contributed by atoms with Gasteiger partial charge in [0.05, 0.1) is 0 Å². The molecule has 0 N–H and O–H groups in total. The van der Waals surface area contributed by atoms with Crippen LogP contribution in [0.15, 0.2) is 24.3 Å². The van der Waals surface area contributed by atoms with Crippen LogP contribution in [0.5, 0.6) is 0 Å². The van der Waals surface area contributed by atoms with E-state index in [1.165, 1.54) is 0 Å². The molecule has 0 bridgehead atoms. The lowest BCUT2D eigenvalue weighted by Gasteiger charge is -1.88. The summed E-state index contributed by atoms with van der Waals surface area (Å²) in [5.74, 6) is 0.673. The molecule has 0 spiro atoms. The number of rotatable bonds is 3. The molecule has 74 valence electrons. The molecule has 0 heteroatoms. The van der Waals surface area contributed by atoms with Gasteiger partial charge in [-0.15, -0.1) is 0 Å². The topological polar surface area (TPSA) is 0 Å². The fourth-order valence-corrected chi connectivity index (χ4v) is 0.501. The van der Waals surface area contributed by atoms with Crippen molar-refractivity contribution in [3.63, 3.8) is 0 Å². The molecule has 0 amide bonds. The average molecular weight is 170 g/mol. The zero-order chi connectivity index (χ0) is 9.11. The number of hydrogen-bond acceptors (Lipinski definition) is 0. The molecule has 0 radical (unpaired) electrons. The molecule has 12 heavy (non-hydrogen) atoms. The molecule has 0 rings (SSSR count). The predicted octanol–water partition coefficient (Wildman–Crippen LogP) is 4.83. The summed E-state index contributed by atoms with van der Waals surface area (Å²) in [7, 11) is 0. The molecule has 0 aliphatic heterocycles. The molecule has 0 saturated heterocycles. The fourth-order valence-electron chi connectivity index (χ4n) is 0.501. The molecule has 0 saturated carbocycles. The van der Waals surface area contributed by atoms with E-state index < -0.39 is 0 Å². The smallest absolute Gasteiger partial charge is 0.0287 e. The second-order valence-electron chi connectivity index (χ2n) is 2.47. The van der Waals surface area contributed by atoms with Gasteiger partial charge in [0.25, 0.3) is 0 Å². The van der Waals surface area contributed by atoms with Crippen molar-refractivity contribution in [2.24, 2.45) is 5.92 Å². The van der Waals surface area contributed by atoms with Crippen LogP contribution in [0, 0.1) is 5.92 Å². The van der Waals surface area contributed by atoms with E-state index in [-0.39, 0.29) is 7.43 Å². The van der Waals surface area contributed by atoms with Crippen LogP contribution in [0.4, 0.5) is 0 Å². The van der Waals surface area contributed by atoms with E-state index >= 15 is 0 Å². The van der Waals surface area contributed by atoms with Crippen LogP contribution in [-0.4, -0.2) is 0 Å². The molecule has 0 aliphatic rings. The third-order valence-electron chi connectivity index (χ3n) is 0.979. The summed E-state index contributed by atoms with van der Waals surface area (Å²) in [4.78, 5) is 0. The third-order valence-corrected chi connectivity index (χ3v) is 0.979. The molecular formula is C12H26. The Bertz CT molecular complexity index is 96.6. The van der Waals surface area contributed by atoms with E-state index in [9.17, 15) is 0 Å². The van der Waals surface area contributed by atoms with Gasteiger partial charge in [-0.25, -0.2) is 0 Å². The fraction of sp³-hybridized carbons (Fsp3) is 0.667. The predicted molar refractivity (Wildman–Crippen MR) is 61.5 cm³/mol. The van der Waals surface area contributed by atoms with Gasteiger partial charge in [0.2, 0.25) is 0 Å². The Morgan fingerprint density at radius 3 is 1.92 bits per heavy atom. The SMILES string of the molecule is C.CC.CCC=CC=CC(C)C. The van der Waals surface area contributed by atoms with E-state index in [4.69, 9.17) is 0 Å². The quantitative estimate of drug-likeness (QED) is 0.532. The van der Waals surface area contributed by atoms with Gasteiger partial charge in [-0.05, 0) is 12.3 Å². The van der Waals surface area contributed by atoms with Crippen molar-refractivity contribution in [2.75, 3.05) is 0 Å². The third kappa shape index (κ3) is 22.7. The zero-order valence-corrected chi connectivity index (χ0v) is 8.59. The first-order chi connectivity index (χ1) is 5.27. The zero-order valence-electron chi connectivity index (χ0n) is 8.59. The van der Waals surface area contributed by atoms with Gasteiger partial charge < -0.3 is 0 Å².